The molecule has 1 unspecified atom stereocenters. The molecule has 1 aliphatic rings. The lowest BCUT2D eigenvalue weighted by molar-refractivity contribution is -0.131. The Morgan fingerprint density at radius 2 is 2.07 bits per heavy atom. The van der Waals surface area contributed by atoms with Gasteiger partial charge < -0.3 is 10.6 Å². The monoisotopic (exact) mass is 212 g/mol. The molecule has 88 valence electrons. The van der Waals surface area contributed by atoms with Crippen LogP contribution in [0.5, 0.6) is 0 Å². The minimum atomic E-state index is 0.00124. The molecule has 3 heteroatoms. The molecule has 3 nitrogen and oxygen atoms in total. The normalized spacial score (nSPS) is 18.7. The maximum atomic E-state index is 11.8. The Balaban J connectivity index is 2.25. The average Bonchev–Trinajstić information content (AvgIpc) is 2.10. The van der Waals surface area contributed by atoms with Crippen molar-refractivity contribution in [3.8, 4) is 0 Å². The second-order valence-corrected chi connectivity index (χ2v) is 5.18. The summed E-state index contributed by atoms with van der Waals surface area (Å²) in [6.07, 6.45) is 4.39. The summed E-state index contributed by atoms with van der Waals surface area (Å²) >= 11 is 0. The van der Waals surface area contributed by atoms with E-state index in [1.165, 1.54) is 19.3 Å². The van der Waals surface area contributed by atoms with Gasteiger partial charge in [-0.1, -0.05) is 20.3 Å². The maximum Gasteiger partial charge on any atom is 0.223 e. The van der Waals surface area contributed by atoms with Crippen molar-refractivity contribution in [3.63, 3.8) is 0 Å². The molecule has 0 radical (unpaired) electrons. The lowest BCUT2D eigenvalue weighted by atomic mass is 9.85. The third-order valence-electron chi connectivity index (χ3n) is 3.45. The summed E-state index contributed by atoms with van der Waals surface area (Å²) in [5.74, 6) is 1.32. The van der Waals surface area contributed by atoms with Crippen molar-refractivity contribution in [3.05, 3.63) is 0 Å². The summed E-state index contributed by atoms with van der Waals surface area (Å²) in [5, 5.41) is 0. The molecular formula is C12H24N2O. The molecule has 0 spiro atoms. The molecule has 1 aliphatic carbocycles. The molecule has 1 saturated carbocycles. The summed E-state index contributed by atoms with van der Waals surface area (Å²) in [6.45, 7) is 5.04. The summed E-state index contributed by atoms with van der Waals surface area (Å²) in [5.41, 5.74) is 5.88. The minimum Gasteiger partial charge on any atom is -0.345 e. The summed E-state index contributed by atoms with van der Waals surface area (Å²) in [7, 11) is 1.90. The van der Waals surface area contributed by atoms with Crippen LogP contribution < -0.4 is 5.73 Å². The Hall–Kier alpha value is -0.570. The third-order valence-corrected chi connectivity index (χ3v) is 3.45. The van der Waals surface area contributed by atoms with Crippen LogP contribution in [0.2, 0.25) is 0 Å². The number of nitrogens with zero attached hydrogens (tertiary/aromatic N) is 1. The van der Waals surface area contributed by atoms with E-state index in [-0.39, 0.29) is 11.9 Å². The summed E-state index contributed by atoms with van der Waals surface area (Å²) in [4.78, 5) is 13.6. The number of nitrogens with two attached hydrogens (primary N) is 1. The predicted octanol–water partition coefficient (Wildman–Crippen LogP) is 1.62. The van der Waals surface area contributed by atoms with E-state index in [0.29, 0.717) is 12.3 Å². The van der Waals surface area contributed by atoms with Crippen molar-refractivity contribution >= 4 is 5.91 Å². The standard InChI is InChI=1S/C12H24N2O/c1-9(2)11(13)7-12(15)14(3)8-10-5-4-6-10/h9-11H,4-8,13H2,1-3H3. The number of hydrogen-bond donors (Lipinski definition) is 1. The van der Waals surface area contributed by atoms with Gasteiger partial charge in [-0.05, 0) is 24.7 Å². The zero-order valence-electron chi connectivity index (χ0n) is 10.2. The molecule has 1 atom stereocenters. The summed E-state index contributed by atoms with van der Waals surface area (Å²) < 4.78 is 0. The van der Waals surface area contributed by atoms with Gasteiger partial charge in [0.05, 0.1) is 0 Å². The molecule has 15 heavy (non-hydrogen) atoms. The molecule has 0 aromatic carbocycles. The molecule has 0 aromatic rings. The average molecular weight is 212 g/mol. The molecule has 0 heterocycles. The highest BCUT2D eigenvalue weighted by atomic mass is 16.2. The van der Waals surface area contributed by atoms with Crippen molar-refractivity contribution < 1.29 is 4.79 Å². The first kappa shape index (κ1) is 12.5. The fraction of sp³-hybridized carbons (Fsp3) is 0.917. The lowest BCUT2D eigenvalue weighted by Gasteiger charge is -2.30. The molecule has 1 amide bonds. The van der Waals surface area contributed by atoms with Gasteiger partial charge >= 0.3 is 0 Å². The number of carbonyl (C=O) groups excluding carboxylic acids is 1. The van der Waals surface area contributed by atoms with Gasteiger partial charge in [-0.15, -0.1) is 0 Å². The second kappa shape index (κ2) is 5.50. The van der Waals surface area contributed by atoms with Crippen LogP contribution in [0.25, 0.3) is 0 Å². The van der Waals surface area contributed by atoms with Crippen molar-refractivity contribution in [2.75, 3.05) is 13.6 Å². The molecule has 0 aliphatic heterocycles. The van der Waals surface area contributed by atoms with Crippen molar-refractivity contribution in [2.45, 2.75) is 45.6 Å². The van der Waals surface area contributed by atoms with Crippen LogP contribution in [-0.4, -0.2) is 30.4 Å². The van der Waals surface area contributed by atoms with E-state index in [2.05, 4.69) is 13.8 Å². The van der Waals surface area contributed by atoms with Gasteiger partial charge in [0, 0.05) is 26.1 Å². The van der Waals surface area contributed by atoms with Crippen LogP contribution in [0, 0.1) is 11.8 Å². The van der Waals surface area contributed by atoms with E-state index in [4.69, 9.17) is 5.73 Å². The number of carbonyl (C=O) groups is 1. The summed E-state index contributed by atoms with van der Waals surface area (Å²) in [6, 6.07) is 0.00124. The lowest BCUT2D eigenvalue weighted by Crippen LogP contribution is -2.39. The largest absolute Gasteiger partial charge is 0.345 e. The molecule has 0 bridgehead atoms. The Kier molecular flexibility index (Phi) is 4.58. The number of rotatable bonds is 5. The topological polar surface area (TPSA) is 46.3 Å². The van der Waals surface area contributed by atoms with E-state index in [1.807, 2.05) is 11.9 Å². The van der Waals surface area contributed by atoms with Crippen LogP contribution in [0.15, 0.2) is 0 Å². The first-order valence-corrected chi connectivity index (χ1v) is 6.00. The van der Waals surface area contributed by atoms with Crippen molar-refractivity contribution in [2.24, 2.45) is 17.6 Å². The van der Waals surface area contributed by atoms with E-state index in [9.17, 15) is 4.79 Å². The quantitative estimate of drug-likeness (QED) is 0.752. The zero-order chi connectivity index (χ0) is 11.4. The molecule has 1 rings (SSSR count). The molecule has 0 saturated heterocycles. The first-order chi connectivity index (χ1) is 7.00. The van der Waals surface area contributed by atoms with E-state index < -0.39 is 0 Å². The SMILES string of the molecule is CC(C)C(N)CC(=O)N(C)CC1CCC1. The van der Waals surface area contributed by atoms with Gasteiger partial charge in [0.2, 0.25) is 5.91 Å². The van der Waals surface area contributed by atoms with Crippen molar-refractivity contribution in [1.29, 1.82) is 0 Å². The first-order valence-electron chi connectivity index (χ1n) is 6.00. The van der Waals surface area contributed by atoms with Crippen LogP contribution in [0.1, 0.15) is 39.5 Å². The van der Waals surface area contributed by atoms with Crippen LogP contribution in [0.3, 0.4) is 0 Å². The fourth-order valence-electron chi connectivity index (χ4n) is 1.76. The maximum absolute atomic E-state index is 11.8. The van der Waals surface area contributed by atoms with E-state index in [1.54, 1.807) is 0 Å². The third kappa shape index (κ3) is 3.82. The van der Waals surface area contributed by atoms with Gasteiger partial charge in [-0.2, -0.15) is 0 Å². The van der Waals surface area contributed by atoms with Gasteiger partial charge in [-0.25, -0.2) is 0 Å². The number of hydrogen-bond acceptors (Lipinski definition) is 2. The highest BCUT2D eigenvalue weighted by molar-refractivity contribution is 5.76. The molecule has 1 fully saturated rings. The van der Waals surface area contributed by atoms with Gasteiger partial charge in [0.25, 0.3) is 0 Å². The Labute approximate surface area is 93.0 Å². The Morgan fingerprint density at radius 3 is 2.47 bits per heavy atom. The van der Waals surface area contributed by atoms with Gasteiger partial charge in [0.1, 0.15) is 0 Å². The second-order valence-electron chi connectivity index (χ2n) is 5.18. The Morgan fingerprint density at radius 1 is 1.47 bits per heavy atom. The van der Waals surface area contributed by atoms with Crippen LogP contribution in [0.4, 0.5) is 0 Å². The molecule has 2 N–H and O–H groups in total. The zero-order valence-corrected chi connectivity index (χ0v) is 10.2. The van der Waals surface area contributed by atoms with E-state index >= 15 is 0 Å². The minimum absolute atomic E-state index is 0.00124. The highest BCUT2D eigenvalue weighted by Gasteiger charge is 2.22. The Bertz CT molecular complexity index is 212. The predicted molar refractivity (Wildman–Crippen MR) is 62.4 cm³/mol. The highest BCUT2D eigenvalue weighted by Crippen LogP contribution is 2.26. The van der Waals surface area contributed by atoms with Crippen LogP contribution in [-0.2, 0) is 4.79 Å². The molecule has 0 aromatic heterocycles. The van der Waals surface area contributed by atoms with Crippen molar-refractivity contribution in [1.82, 2.24) is 4.90 Å². The van der Waals surface area contributed by atoms with E-state index in [0.717, 1.165) is 12.5 Å². The molecular weight excluding hydrogens is 188 g/mol. The fourth-order valence-corrected chi connectivity index (χ4v) is 1.76. The van der Waals surface area contributed by atoms with Gasteiger partial charge in [0.15, 0.2) is 0 Å². The smallest absolute Gasteiger partial charge is 0.223 e. The number of amides is 1. The van der Waals surface area contributed by atoms with Gasteiger partial charge in [-0.3, -0.25) is 4.79 Å². The van der Waals surface area contributed by atoms with Crippen LogP contribution >= 0.6 is 0 Å².